The third-order valence-corrected chi connectivity index (χ3v) is 1.78. The Hall–Kier alpha value is -1.30. The van der Waals surface area contributed by atoms with Crippen molar-refractivity contribution in [1.82, 2.24) is 0 Å². The van der Waals surface area contributed by atoms with Crippen LogP contribution in [0.5, 0.6) is 0 Å². The van der Waals surface area contributed by atoms with E-state index in [0.29, 0.717) is 6.42 Å². The lowest BCUT2D eigenvalue weighted by Crippen LogP contribution is -1.93. The van der Waals surface area contributed by atoms with Gasteiger partial charge < -0.3 is 10.2 Å². The minimum absolute atomic E-state index is 0.0224. The second-order valence-electron chi connectivity index (χ2n) is 2.85. The van der Waals surface area contributed by atoms with Gasteiger partial charge in [-0.2, -0.15) is 0 Å². The monoisotopic (exact) mass is 176 g/mol. The number of hydrogen-bond donors (Lipinski definition) is 2. The van der Waals surface area contributed by atoms with Gasteiger partial charge in [-0.3, -0.25) is 0 Å². The van der Waals surface area contributed by atoms with Crippen LogP contribution in [-0.2, 0) is 19.6 Å². The molecule has 0 saturated carbocycles. The van der Waals surface area contributed by atoms with E-state index in [1.165, 1.54) is 0 Å². The molecule has 2 N–H and O–H groups in total. The van der Waals surface area contributed by atoms with Crippen molar-refractivity contribution in [3.63, 3.8) is 0 Å². The normalized spacial score (nSPS) is 9.62. The van der Waals surface area contributed by atoms with Gasteiger partial charge >= 0.3 is 0 Å². The maximum atomic E-state index is 8.92. The van der Waals surface area contributed by atoms with E-state index >= 15 is 0 Å². The first-order chi connectivity index (χ1) is 6.30. The molecule has 0 aromatic heterocycles. The fourth-order valence-electron chi connectivity index (χ4n) is 1.24. The van der Waals surface area contributed by atoms with E-state index < -0.39 is 0 Å². The van der Waals surface area contributed by atoms with Gasteiger partial charge in [0.05, 0.1) is 13.2 Å². The van der Waals surface area contributed by atoms with E-state index in [1.54, 1.807) is 6.07 Å². The van der Waals surface area contributed by atoms with E-state index in [2.05, 4.69) is 5.92 Å². The molecule has 1 aromatic rings. The molecule has 2 nitrogen and oxygen atoms in total. The molecule has 68 valence electrons. The van der Waals surface area contributed by atoms with Crippen LogP contribution in [0.3, 0.4) is 0 Å². The molecular weight excluding hydrogens is 164 g/mol. The summed E-state index contributed by atoms with van der Waals surface area (Å²) >= 11 is 0. The van der Waals surface area contributed by atoms with Gasteiger partial charge in [-0.1, -0.05) is 18.2 Å². The summed E-state index contributed by atoms with van der Waals surface area (Å²) in [5.74, 6) is 2.52. The van der Waals surface area contributed by atoms with Gasteiger partial charge in [-0.05, 0) is 16.7 Å². The average Bonchev–Trinajstić information content (AvgIpc) is 2.17. The topological polar surface area (TPSA) is 40.5 Å². The lowest BCUT2D eigenvalue weighted by molar-refractivity contribution is 0.275. The fourth-order valence-corrected chi connectivity index (χ4v) is 1.24. The van der Waals surface area contributed by atoms with E-state index in [1.807, 2.05) is 12.1 Å². The zero-order valence-electron chi connectivity index (χ0n) is 7.33. The van der Waals surface area contributed by atoms with Crippen LogP contribution in [0.2, 0.25) is 0 Å². The molecule has 0 spiro atoms. The Morgan fingerprint density at radius 2 is 1.46 bits per heavy atom. The summed E-state index contributed by atoms with van der Waals surface area (Å²) in [5, 5.41) is 17.8. The highest BCUT2D eigenvalue weighted by molar-refractivity contribution is 5.31. The van der Waals surface area contributed by atoms with Gasteiger partial charge in [0.25, 0.3) is 0 Å². The Morgan fingerprint density at radius 3 is 1.85 bits per heavy atom. The number of aliphatic hydroxyl groups is 2. The van der Waals surface area contributed by atoms with Gasteiger partial charge in [-0.25, -0.2) is 0 Å². The highest BCUT2D eigenvalue weighted by atomic mass is 16.3. The first-order valence-corrected chi connectivity index (χ1v) is 4.07. The van der Waals surface area contributed by atoms with Crippen LogP contribution in [-0.4, -0.2) is 10.2 Å². The quantitative estimate of drug-likeness (QED) is 0.670. The van der Waals surface area contributed by atoms with Crippen LogP contribution in [0.4, 0.5) is 0 Å². The van der Waals surface area contributed by atoms with Crippen molar-refractivity contribution in [2.24, 2.45) is 0 Å². The van der Waals surface area contributed by atoms with Crippen molar-refractivity contribution in [3.05, 3.63) is 34.9 Å². The first kappa shape index (κ1) is 9.79. The largest absolute Gasteiger partial charge is 0.392 e. The summed E-state index contributed by atoms with van der Waals surface area (Å²) in [4.78, 5) is 0. The third-order valence-electron chi connectivity index (χ3n) is 1.78. The van der Waals surface area contributed by atoms with E-state index in [0.717, 1.165) is 16.7 Å². The standard InChI is InChI=1S/C11H12O2/c1-2-3-9-4-10(7-12)6-11(5-9)8-13/h1,4-6,12-13H,3,7-8H2. The lowest BCUT2D eigenvalue weighted by Gasteiger charge is -2.04. The Morgan fingerprint density at radius 1 is 1.00 bits per heavy atom. The van der Waals surface area contributed by atoms with Crippen molar-refractivity contribution >= 4 is 0 Å². The summed E-state index contributed by atoms with van der Waals surface area (Å²) in [5.41, 5.74) is 2.53. The Kier molecular flexibility index (Phi) is 3.51. The molecule has 0 saturated heterocycles. The zero-order valence-corrected chi connectivity index (χ0v) is 7.33. The predicted molar refractivity (Wildman–Crippen MR) is 50.8 cm³/mol. The van der Waals surface area contributed by atoms with E-state index in [9.17, 15) is 0 Å². The van der Waals surface area contributed by atoms with Crippen LogP contribution in [0.25, 0.3) is 0 Å². The lowest BCUT2D eigenvalue weighted by atomic mass is 10.0. The molecule has 0 amide bonds. The average molecular weight is 176 g/mol. The van der Waals surface area contributed by atoms with Crippen molar-refractivity contribution in [3.8, 4) is 12.3 Å². The van der Waals surface area contributed by atoms with Crippen LogP contribution < -0.4 is 0 Å². The van der Waals surface area contributed by atoms with Crippen molar-refractivity contribution in [1.29, 1.82) is 0 Å². The second kappa shape index (κ2) is 4.66. The summed E-state index contributed by atoms with van der Waals surface area (Å²) in [6, 6.07) is 5.46. The van der Waals surface area contributed by atoms with Gasteiger partial charge in [0.2, 0.25) is 0 Å². The first-order valence-electron chi connectivity index (χ1n) is 4.07. The number of hydrogen-bond acceptors (Lipinski definition) is 2. The predicted octanol–water partition coefficient (Wildman–Crippen LogP) is 0.847. The summed E-state index contributed by atoms with van der Waals surface area (Å²) in [6.07, 6.45) is 5.70. The van der Waals surface area contributed by atoms with Crippen LogP contribution in [0.15, 0.2) is 18.2 Å². The van der Waals surface area contributed by atoms with E-state index in [-0.39, 0.29) is 13.2 Å². The van der Waals surface area contributed by atoms with Crippen molar-refractivity contribution < 1.29 is 10.2 Å². The van der Waals surface area contributed by atoms with Gasteiger partial charge in [-0.15, -0.1) is 12.3 Å². The van der Waals surface area contributed by atoms with Gasteiger partial charge in [0.15, 0.2) is 0 Å². The third kappa shape index (κ3) is 2.59. The molecule has 2 heteroatoms. The van der Waals surface area contributed by atoms with Crippen LogP contribution in [0.1, 0.15) is 16.7 Å². The highest BCUT2D eigenvalue weighted by Gasteiger charge is 1.98. The highest BCUT2D eigenvalue weighted by Crippen LogP contribution is 2.11. The molecule has 0 unspecified atom stereocenters. The Balaban J connectivity index is 3.01. The number of terminal acetylenes is 1. The smallest absolute Gasteiger partial charge is 0.0682 e. The molecule has 0 fully saturated rings. The molecule has 0 radical (unpaired) electrons. The Labute approximate surface area is 77.8 Å². The maximum Gasteiger partial charge on any atom is 0.0682 e. The van der Waals surface area contributed by atoms with Crippen molar-refractivity contribution in [2.75, 3.05) is 0 Å². The van der Waals surface area contributed by atoms with E-state index in [4.69, 9.17) is 16.6 Å². The number of rotatable bonds is 3. The molecule has 0 aliphatic carbocycles. The molecule has 1 rings (SSSR count). The molecule has 0 atom stereocenters. The minimum atomic E-state index is -0.0224. The summed E-state index contributed by atoms with van der Waals surface area (Å²) < 4.78 is 0. The number of aliphatic hydroxyl groups excluding tert-OH is 2. The summed E-state index contributed by atoms with van der Waals surface area (Å²) in [6.45, 7) is -0.0448. The van der Waals surface area contributed by atoms with Gasteiger partial charge in [0.1, 0.15) is 0 Å². The van der Waals surface area contributed by atoms with Crippen molar-refractivity contribution in [2.45, 2.75) is 19.6 Å². The molecule has 13 heavy (non-hydrogen) atoms. The molecular formula is C11H12O2. The Bertz CT molecular complexity index is 301. The van der Waals surface area contributed by atoms with Crippen LogP contribution >= 0.6 is 0 Å². The SMILES string of the molecule is C#CCc1cc(CO)cc(CO)c1. The zero-order chi connectivity index (χ0) is 9.68. The molecule has 0 bridgehead atoms. The maximum absolute atomic E-state index is 8.92. The van der Waals surface area contributed by atoms with Crippen LogP contribution in [0, 0.1) is 12.3 Å². The molecule has 1 aromatic carbocycles. The molecule has 0 aliphatic heterocycles. The fraction of sp³-hybridized carbons (Fsp3) is 0.273. The molecule has 0 aliphatic rings. The van der Waals surface area contributed by atoms with Gasteiger partial charge in [0, 0.05) is 6.42 Å². The second-order valence-corrected chi connectivity index (χ2v) is 2.85. The summed E-state index contributed by atoms with van der Waals surface area (Å²) in [7, 11) is 0. The minimum Gasteiger partial charge on any atom is -0.392 e. The molecule has 0 heterocycles. The number of benzene rings is 1.